The summed E-state index contributed by atoms with van der Waals surface area (Å²) in [4.78, 5) is 18.4. The fourth-order valence-electron chi connectivity index (χ4n) is 5.56. The van der Waals surface area contributed by atoms with E-state index in [2.05, 4.69) is 21.7 Å². The molecule has 1 aliphatic carbocycles. The molecule has 0 bridgehead atoms. The van der Waals surface area contributed by atoms with Gasteiger partial charge in [-0.25, -0.2) is 13.7 Å². The minimum Gasteiger partial charge on any atom is -0.508 e. The number of phenolic OH excluding ortho intramolecular Hbond substituents is 1. The van der Waals surface area contributed by atoms with Gasteiger partial charge in [-0.15, -0.1) is 0 Å². The van der Waals surface area contributed by atoms with Crippen molar-refractivity contribution in [2.45, 2.75) is 57.8 Å². The second-order valence-electron chi connectivity index (χ2n) is 9.55. The standard InChI is InChI=1S/C28H27N5O2/c1-2-31-26(35)24-25(33-19-28(30-27(31)33)15-6-7-16-28)32(18-21-11-8-12-22(34)17-21)23(29-24)14-13-20-9-4-3-5-10-20/h3-5,8-12,17,34H,2,6-7,15-16,18-19H2,1H3/p+1. The van der Waals surface area contributed by atoms with Gasteiger partial charge in [-0.3, -0.25) is 10.1 Å². The van der Waals surface area contributed by atoms with Crippen LogP contribution in [-0.4, -0.2) is 24.8 Å². The van der Waals surface area contributed by atoms with Crippen molar-refractivity contribution in [2.24, 2.45) is 0 Å². The smallest absolute Gasteiger partial charge is 0.327 e. The van der Waals surface area contributed by atoms with E-state index in [-0.39, 0.29) is 16.8 Å². The number of hydrogen-bond acceptors (Lipinski definition) is 4. The Morgan fingerprint density at radius 2 is 1.89 bits per heavy atom. The van der Waals surface area contributed by atoms with Crippen LogP contribution in [0.2, 0.25) is 0 Å². The van der Waals surface area contributed by atoms with Crippen LogP contribution >= 0.6 is 0 Å². The second kappa shape index (κ2) is 8.31. The SMILES string of the molecule is CCn1c2[n+](c3c(nc(C#Cc4ccccc4)n3Cc3cccc(O)c3)c1=O)CC1(CCCC1)N2. The summed E-state index contributed by atoms with van der Waals surface area (Å²) in [6.07, 6.45) is 4.57. The summed E-state index contributed by atoms with van der Waals surface area (Å²) in [6.45, 7) is 3.81. The van der Waals surface area contributed by atoms with Gasteiger partial charge in [0.05, 0.1) is 19.6 Å². The number of nitrogens with zero attached hydrogens (tertiary/aromatic N) is 4. The topological polar surface area (TPSA) is 76.0 Å². The van der Waals surface area contributed by atoms with E-state index >= 15 is 0 Å². The number of aromatic hydroxyl groups is 1. The van der Waals surface area contributed by atoms with E-state index in [1.165, 1.54) is 12.8 Å². The molecule has 2 aromatic carbocycles. The summed E-state index contributed by atoms with van der Waals surface area (Å²) in [5.41, 5.74) is 2.91. The highest BCUT2D eigenvalue weighted by molar-refractivity contribution is 5.70. The average molecular weight is 467 g/mol. The molecule has 2 N–H and O–H groups in total. The maximum atomic E-state index is 13.6. The van der Waals surface area contributed by atoms with Gasteiger partial charge in [-0.2, -0.15) is 4.98 Å². The number of rotatable bonds is 3. The predicted molar refractivity (Wildman–Crippen MR) is 134 cm³/mol. The molecule has 176 valence electrons. The summed E-state index contributed by atoms with van der Waals surface area (Å²) < 4.78 is 6.06. The van der Waals surface area contributed by atoms with Crippen molar-refractivity contribution >= 4 is 17.1 Å². The Kier molecular flexibility index (Phi) is 5.10. The lowest BCUT2D eigenvalue weighted by Gasteiger charge is -2.18. The van der Waals surface area contributed by atoms with Crippen LogP contribution in [0.1, 0.15) is 49.6 Å². The van der Waals surface area contributed by atoms with Crippen LogP contribution in [0.25, 0.3) is 11.2 Å². The van der Waals surface area contributed by atoms with Crippen molar-refractivity contribution in [3.8, 4) is 17.6 Å². The molecule has 6 rings (SSSR count). The van der Waals surface area contributed by atoms with Crippen LogP contribution < -0.4 is 15.4 Å². The van der Waals surface area contributed by atoms with Gasteiger partial charge in [-0.05, 0) is 68.4 Å². The third-order valence-electron chi connectivity index (χ3n) is 7.21. The fraction of sp³-hybridized carbons (Fsp3) is 0.321. The van der Waals surface area contributed by atoms with Gasteiger partial charge in [0.25, 0.3) is 0 Å². The van der Waals surface area contributed by atoms with Gasteiger partial charge in [0.2, 0.25) is 17.0 Å². The van der Waals surface area contributed by atoms with Gasteiger partial charge >= 0.3 is 11.5 Å². The quantitative estimate of drug-likeness (QED) is 0.359. The van der Waals surface area contributed by atoms with Gasteiger partial charge < -0.3 is 5.11 Å². The van der Waals surface area contributed by atoms with Gasteiger partial charge in [0, 0.05) is 5.56 Å². The van der Waals surface area contributed by atoms with Crippen molar-refractivity contribution in [2.75, 3.05) is 5.32 Å². The van der Waals surface area contributed by atoms with Crippen molar-refractivity contribution in [1.82, 2.24) is 14.1 Å². The lowest BCUT2D eigenvalue weighted by Crippen LogP contribution is -2.43. The van der Waals surface area contributed by atoms with Crippen molar-refractivity contribution < 1.29 is 9.67 Å². The van der Waals surface area contributed by atoms with Crippen LogP contribution in [0.4, 0.5) is 5.95 Å². The lowest BCUT2D eigenvalue weighted by atomic mass is 9.99. The first kappa shape index (κ1) is 21.5. The summed E-state index contributed by atoms with van der Waals surface area (Å²) in [5.74, 6) is 8.04. The summed E-state index contributed by atoms with van der Waals surface area (Å²) in [6, 6.07) is 17.0. The molecule has 0 amide bonds. The summed E-state index contributed by atoms with van der Waals surface area (Å²) >= 11 is 0. The molecule has 0 atom stereocenters. The normalized spacial score (nSPS) is 15.7. The van der Waals surface area contributed by atoms with Crippen molar-refractivity contribution in [3.05, 3.63) is 81.9 Å². The number of imidazole rings is 1. The van der Waals surface area contributed by atoms with E-state index in [9.17, 15) is 9.90 Å². The van der Waals surface area contributed by atoms with Gasteiger partial charge in [0.15, 0.2) is 0 Å². The van der Waals surface area contributed by atoms with Gasteiger partial charge in [0.1, 0.15) is 11.3 Å². The van der Waals surface area contributed by atoms with E-state index in [0.717, 1.165) is 42.1 Å². The molecule has 1 spiro atoms. The van der Waals surface area contributed by atoms with Crippen LogP contribution in [0, 0.1) is 11.8 Å². The Morgan fingerprint density at radius 3 is 2.63 bits per heavy atom. The third kappa shape index (κ3) is 3.66. The molecule has 1 saturated carbocycles. The lowest BCUT2D eigenvalue weighted by molar-refractivity contribution is -0.657. The minimum absolute atomic E-state index is 0.0133. The number of anilines is 1. The van der Waals surface area contributed by atoms with E-state index in [4.69, 9.17) is 4.98 Å². The zero-order valence-electron chi connectivity index (χ0n) is 19.8. The number of aromatic nitrogens is 4. The predicted octanol–water partition coefficient (Wildman–Crippen LogP) is 3.40. The van der Waals surface area contributed by atoms with Gasteiger partial charge in [-0.1, -0.05) is 36.3 Å². The molecule has 3 heterocycles. The van der Waals surface area contributed by atoms with Crippen molar-refractivity contribution in [3.63, 3.8) is 0 Å². The Hall–Kier alpha value is -4.05. The third-order valence-corrected chi connectivity index (χ3v) is 7.21. The largest absolute Gasteiger partial charge is 0.508 e. The Labute approximate surface area is 203 Å². The minimum atomic E-state index is -0.103. The maximum absolute atomic E-state index is 13.6. The monoisotopic (exact) mass is 466 g/mol. The van der Waals surface area contributed by atoms with Crippen LogP contribution in [0.3, 0.4) is 0 Å². The summed E-state index contributed by atoms with van der Waals surface area (Å²) in [7, 11) is 0. The molecule has 1 aliphatic heterocycles. The number of hydrogen-bond donors (Lipinski definition) is 2. The second-order valence-corrected chi connectivity index (χ2v) is 9.55. The molecular weight excluding hydrogens is 438 g/mol. The fourth-order valence-corrected chi connectivity index (χ4v) is 5.56. The number of phenols is 1. The molecule has 1 fully saturated rings. The zero-order chi connectivity index (χ0) is 24.0. The maximum Gasteiger partial charge on any atom is 0.327 e. The van der Waals surface area contributed by atoms with Crippen LogP contribution in [0.5, 0.6) is 5.75 Å². The number of benzene rings is 2. The zero-order valence-corrected chi connectivity index (χ0v) is 19.8. The van der Waals surface area contributed by atoms with E-state index in [1.54, 1.807) is 16.7 Å². The Balaban J connectivity index is 1.60. The average Bonchev–Trinajstić information content (AvgIpc) is 3.57. The highest BCUT2D eigenvalue weighted by Crippen LogP contribution is 2.36. The van der Waals surface area contributed by atoms with Crippen molar-refractivity contribution in [1.29, 1.82) is 0 Å². The molecule has 0 radical (unpaired) electrons. The summed E-state index contributed by atoms with van der Waals surface area (Å²) in [5, 5.41) is 13.8. The molecule has 0 saturated heterocycles. The van der Waals surface area contributed by atoms with Crippen LogP contribution in [-0.2, 0) is 19.6 Å². The molecule has 35 heavy (non-hydrogen) atoms. The number of nitrogens with one attached hydrogen (secondary N) is 1. The Bertz CT molecular complexity index is 1550. The molecule has 2 aromatic heterocycles. The highest BCUT2D eigenvalue weighted by atomic mass is 16.3. The molecule has 0 unspecified atom stereocenters. The van der Waals surface area contributed by atoms with E-state index in [1.807, 2.05) is 54.0 Å². The molecule has 7 heteroatoms. The Morgan fingerprint density at radius 1 is 1.09 bits per heavy atom. The van der Waals surface area contributed by atoms with E-state index < -0.39 is 0 Å². The highest BCUT2D eigenvalue weighted by Gasteiger charge is 2.47. The first-order valence-corrected chi connectivity index (χ1v) is 12.3. The van der Waals surface area contributed by atoms with E-state index in [0.29, 0.717) is 24.4 Å². The van der Waals surface area contributed by atoms with Crippen LogP contribution in [0.15, 0.2) is 59.4 Å². The number of fused-ring (bicyclic) bond motifs is 3. The molecule has 7 nitrogen and oxygen atoms in total. The first-order chi connectivity index (χ1) is 17.1. The molecular formula is C28H28N5O2+. The molecule has 4 aromatic rings. The molecule has 2 aliphatic rings. The first-order valence-electron chi connectivity index (χ1n) is 12.3.